The van der Waals surface area contributed by atoms with Crippen molar-refractivity contribution < 1.29 is 18.0 Å². The molecule has 3 aromatic rings. The van der Waals surface area contributed by atoms with E-state index in [9.17, 15) is 18.0 Å². The van der Waals surface area contributed by atoms with Crippen molar-refractivity contribution in [2.24, 2.45) is 0 Å². The number of hydrogen-bond acceptors (Lipinski definition) is 4. The molecule has 1 N–H and O–H groups in total. The van der Waals surface area contributed by atoms with Crippen molar-refractivity contribution in [3.05, 3.63) is 95.0 Å². The highest BCUT2D eigenvalue weighted by atomic mass is 35.5. The minimum Gasteiger partial charge on any atom is -0.354 e. The number of para-hydroxylation sites is 1. The van der Waals surface area contributed by atoms with E-state index < -0.39 is 28.5 Å². The average Bonchev–Trinajstić information content (AvgIpc) is 2.93. The summed E-state index contributed by atoms with van der Waals surface area (Å²) in [6.45, 7) is 5.89. The fourth-order valence-electron chi connectivity index (χ4n) is 4.30. The molecule has 0 aliphatic rings. The lowest BCUT2D eigenvalue weighted by atomic mass is 10.1. The van der Waals surface area contributed by atoms with Gasteiger partial charge in [-0.3, -0.25) is 13.9 Å². The monoisotopic (exact) mass is 569 g/mol. The summed E-state index contributed by atoms with van der Waals surface area (Å²) in [6, 6.07) is 21.5. The van der Waals surface area contributed by atoms with Crippen molar-refractivity contribution in [1.29, 1.82) is 0 Å². The third kappa shape index (κ3) is 7.83. The van der Waals surface area contributed by atoms with E-state index in [4.69, 9.17) is 11.6 Å². The Balaban J connectivity index is 2.03. The van der Waals surface area contributed by atoms with Gasteiger partial charge in [0.25, 0.3) is 10.0 Å². The summed E-state index contributed by atoms with van der Waals surface area (Å²) >= 11 is 6.01. The first-order valence-corrected chi connectivity index (χ1v) is 15.0. The van der Waals surface area contributed by atoms with E-state index in [1.54, 1.807) is 25.1 Å². The Labute approximate surface area is 236 Å². The Bertz CT molecular complexity index is 1350. The molecule has 208 valence electrons. The predicted octanol–water partition coefficient (Wildman–Crippen LogP) is 5.57. The summed E-state index contributed by atoms with van der Waals surface area (Å²) in [4.78, 5) is 28.7. The highest BCUT2D eigenvalue weighted by Gasteiger charge is 2.34. The van der Waals surface area contributed by atoms with Crippen LogP contribution in [0.3, 0.4) is 0 Å². The molecule has 0 aliphatic heterocycles. The number of benzene rings is 3. The largest absolute Gasteiger partial charge is 0.354 e. The Morgan fingerprint density at radius 2 is 1.56 bits per heavy atom. The predicted molar refractivity (Wildman–Crippen MR) is 156 cm³/mol. The zero-order valence-electron chi connectivity index (χ0n) is 22.6. The summed E-state index contributed by atoms with van der Waals surface area (Å²) in [6.07, 6.45) is 2.14. The van der Waals surface area contributed by atoms with Gasteiger partial charge in [-0.25, -0.2) is 8.42 Å². The van der Waals surface area contributed by atoms with Gasteiger partial charge in [0.15, 0.2) is 0 Å². The second kappa shape index (κ2) is 14.1. The standard InChI is InChI=1S/C30H36ClN3O4S/c1-4-6-20-32-30(36)27(5-2)33(21-24-13-8-7-9-14-24)29(35)22-34(28-15-11-10-12-23(28)3)39(37,38)26-18-16-25(31)17-19-26/h7-19,27H,4-6,20-22H2,1-3H3,(H,32,36)/t27-/m1/s1. The molecule has 1 atom stereocenters. The molecule has 0 heterocycles. The van der Waals surface area contributed by atoms with Gasteiger partial charge in [0, 0.05) is 18.1 Å². The molecule has 0 aromatic heterocycles. The maximum absolute atomic E-state index is 14.0. The molecule has 0 spiro atoms. The Morgan fingerprint density at radius 3 is 2.18 bits per heavy atom. The van der Waals surface area contributed by atoms with E-state index in [0.29, 0.717) is 29.2 Å². The number of carbonyl (C=O) groups is 2. The van der Waals surface area contributed by atoms with Crippen molar-refractivity contribution in [1.82, 2.24) is 10.2 Å². The topological polar surface area (TPSA) is 86.8 Å². The summed E-state index contributed by atoms with van der Waals surface area (Å²) in [5.74, 6) is -0.727. The number of amides is 2. The molecule has 0 fully saturated rings. The lowest BCUT2D eigenvalue weighted by Gasteiger charge is -2.33. The van der Waals surface area contributed by atoms with E-state index in [-0.39, 0.29) is 17.3 Å². The highest BCUT2D eigenvalue weighted by molar-refractivity contribution is 7.92. The van der Waals surface area contributed by atoms with E-state index in [2.05, 4.69) is 5.32 Å². The Morgan fingerprint density at radius 1 is 0.923 bits per heavy atom. The minimum absolute atomic E-state index is 0.0157. The van der Waals surface area contributed by atoms with Gasteiger partial charge in [0.1, 0.15) is 12.6 Å². The normalized spacial score (nSPS) is 12.0. The van der Waals surface area contributed by atoms with Gasteiger partial charge in [-0.15, -0.1) is 0 Å². The number of nitrogens with one attached hydrogen (secondary N) is 1. The third-order valence-corrected chi connectivity index (χ3v) is 8.50. The number of carbonyl (C=O) groups excluding carboxylic acids is 2. The molecule has 0 bridgehead atoms. The van der Waals surface area contributed by atoms with Gasteiger partial charge in [-0.2, -0.15) is 0 Å². The lowest BCUT2D eigenvalue weighted by Crippen LogP contribution is -2.52. The Hall–Kier alpha value is -3.36. The van der Waals surface area contributed by atoms with Crippen LogP contribution in [-0.2, 0) is 26.2 Å². The number of unbranched alkanes of at least 4 members (excludes halogenated alkanes) is 1. The second-order valence-electron chi connectivity index (χ2n) is 9.33. The van der Waals surface area contributed by atoms with Gasteiger partial charge in [-0.1, -0.05) is 80.4 Å². The molecule has 0 aliphatic carbocycles. The first-order chi connectivity index (χ1) is 18.7. The smallest absolute Gasteiger partial charge is 0.264 e. The van der Waals surface area contributed by atoms with Gasteiger partial charge in [-0.05, 0) is 61.2 Å². The molecule has 0 saturated heterocycles. The first kappa shape index (κ1) is 30.2. The molecule has 3 aromatic carbocycles. The zero-order chi connectivity index (χ0) is 28.4. The molecule has 0 saturated carbocycles. The van der Waals surface area contributed by atoms with Crippen LogP contribution < -0.4 is 9.62 Å². The Kier molecular flexibility index (Phi) is 10.9. The molecular formula is C30H36ClN3O4S. The number of rotatable bonds is 13. The zero-order valence-corrected chi connectivity index (χ0v) is 24.2. The number of anilines is 1. The van der Waals surface area contributed by atoms with Crippen LogP contribution in [0.15, 0.2) is 83.8 Å². The fraction of sp³-hybridized carbons (Fsp3) is 0.333. The van der Waals surface area contributed by atoms with Crippen molar-refractivity contribution in [3.63, 3.8) is 0 Å². The molecule has 0 unspecified atom stereocenters. The van der Waals surface area contributed by atoms with Crippen LogP contribution in [-0.4, -0.2) is 44.3 Å². The van der Waals surface area contributed by atoms with E-state index in [1.165, 1.54) is 29.2 Å². The van der Waals surface area contributed by atoms with Crippen LogP contribution in [0.4, 0.5) is 5.69 Å². The SMILES string of the molecule is CCCCNC(=O)[C@@H](CC)N(Cc1ccccc1)C(=O)CN(c1ccccc1C)S(=O)(=O)c1ccc(Cl)cc1. The number of aryl methyl sites for hydroxylation is 1. The number of halogens is 1. The van der Waals surface area contributed by atoms with Crippen molar-refractivity contribution >= 4 is 39.1 Å². The summed E-state index contributed by atoms with van der Waals surface area (Å²) < 4.78 is 28.9. The van der Waals surface area contributed by atoms with Crippen LogP contribution in [0.5, 0.6) is 0 Å². The maximum atomic E-state index is 14.0. The molecule has 7 nitrogen and oxygen atoms in total. The van der Waals surface area contributed by atoms with E-state index in [0.717, 1.165) is 22.7 Å². The molecular weight excluding hydrogens is 534 g/mol. The fourth-order valence-corrected chi connectivity index (χ4v) is 5.90. The quantitative estimate of drug-likeness (QED) is 0.273. The van der Waals surface area contributed by atoms with Gasteiger partial charge in [0.2, 0.25) is 11.8 Å². The maximum Gasteiger partial charge on any atom is 0.264 e. The second-order valence-corrected chi connectivity index (χ2v) is 11.6. The summed E-state index contributed by atoms with van der Waals surface area (Å²) in [5, 5.41) is 3.34. The van der Waals surface area contributed by atoms with Gasteiger partial charge in [0.05, 0.1) is 10.6 Å². The van der Waals surface area contributed by atoms with Crippen molar-refractivity contribution in [2.45, 2.75) is 57.5 Å². The number of nitrogens with zero attached hydrogens (tertiary/aromatic N) is 2. The number of hydrogen-bond donors (Lipinski definition) is 1. The van der Waals surface area contributed by atoms with Crippen LogP contribution in [0.1, 0.15) is 44.2 Å². The number of sulfonamides is 1. The van der Waals surface area contributed by atoms with Crippen LogP contribution in [0.2, 0.25) is 5.02 Å². The first-order valence-electron chi connectivity index (χ1n) is 13.1. The van der Waals surface area contributed by atoms with Gasteiger partial charge >= 0.3 is 0 Å². The van der Waals surface area contributed by atoms with Crippen molar-refractivity contribution in [3.8, 4) is 0 Å². The average molecular weight is 570 g/mol. The lowest BCUT2D eigenvalue weighted by molar-refractivity contribution is -0.140. The van der Waals surface area contributed by atoms with E-state index >= 15 is 0 Å². The summed E-state index contributed by atoms with van der Waals surface area (Å²) in [5.41, 5.74) is 1.93. The summed E-state index contributed by atoms with van der Waals surface area (Å²) in [7, 11) is -4.14. The minimum atomic E-state index is -4.14. The van der Waals surface area contributed by atoms with Crippen molar-refractivity contribution in [2.75, 3.05) is 17.4 Å². The molecule has 0 radical (unpaired) electrons. The third-order valence-electron chi connectivity index (χ3n) is 6.48. The molecule has 39 heavy (non-hydrogen) atoms. The highest BCUT2D eigenvalue weighted by Crippen LogP contribution is 2.28. The van der Waals surface area contributed by atoms with E-state index in [1.807, 2.05) is 50.2 Å². The van der Waals surface area contributed by atoms with Crippen LogP contribution in [0, 0.1) is 6.92 Å². The van der Waals surface area contributed by atoms with Gasteiger partial charge < -0.3 is 10.2 Å². The molecule has 2 amide bonds. The molecule has 3 rings (SSSR count). The van der Waals surface area contributed by atoms with Crippen LogP contribution in [0.25, 0.3) is 0 Å². The van der Waals surface area contributed by atoms with Crippen LogP contribution >= 0.6 is 11.6 Å². The molecule has 9 heteroatoms.